The fourth-order valence-electron chi connectivity index (χ4n) is 0.921. The van der Waals surface area contributed by atoms with Crippen LogP contribution in [0.15, 0.2) is 12.7 Å². The number of hydrogen-bond acceptors (Lipinski definition) is 5. The van der Waals surface area contributed by atoms with Gasteiger partial charge in [-0.25, -0.2) is 0 Å². The largest absolute Gasteiger partial charge is 0.484 e. The van der Waals surface area contributed by atoms with Crippen LogP contribution in [0.4, 0.5) is 10.8 Å². The first kappa shape index (κ1) is 10.8. The fourth-order valence-corrected chi connectivity index (χ4v) is 1.58. The van der Waals surface area contributed by atoms with Crippen molar-refractivity contribution < 1.29 is 4.74 Å². The smallest absolute Gasteiger partial charge is 0.197 e. The number of ether oxygens (including phenoxy) is 1. The van der Waals surface area contributed by atoms with Gasteiger partial charge in [0.05, 0.1) is 6.10 Å². The normalized spacial score (nSPS) is 10.2. The van der Waals surface area contributed by atoms with E-state index in [1.54, 1.807) is 6.08 Å². The Labute approximate surface area is 87.9 Å². The minimum atomic E-state index is 0.0954. The standard InChI is InChI=1S/C9H15N3OS/c1-4-5-11-9-7(13-6(2)3)8(10)12-14-9/h4,6,11H,1,5H2,2-3H3,(H2,10,12). The maximum atomic E-state index is 5.67. The summed E-state index contributed by atoms with van der Waals surface area (Å²) in [7, 11) is 0. The SMILES string of the molecule is C=CCNc1snc(N)c1OC(C)C. The molecule has 78 valence electrons. The molecular formula is C9H15N3OS. The topological polar surface area (TPSA) is 60.2 Å². The highest BCUT2D eigenvalue weighted by molar-refractivity contribution is 7.11. The lowest BCUT2D eigenvalue weighted by Gasteiger charge is -2.10. The van der Waals surface area contributed by atoms with Crippen LogP contribution in [-0.2, 0) is 0 Å². The minimum Gasteiger partial charge on any atom is -0.484 e. The lowest BCUT2D eigenvalue weighted by molar-refractivity contribution is 0.245. The summed E-state index contributed by atoms with van der Waals surface area (Å²) in [5.74, 6) is 1.09. The summed E-state index contributed by atoms with van der Waals surface area (Å²) in [5, 5.41) is 3.98. The van der Waals surface area contributed by atoms with E-state index in [0.717, 1.165) is 5.00 Å². The molecular weight excluding hydrogens is 198 g/mol. The molecule has 3 N–H and O–H groups in total. The van der Waals surface area contributed by atoms with Crippen LogP contribution in [0.5, 0.6) is 5.75 Å². The third kappa shape index (κ3) is 2.63. The molecule has 5 heteroatoms. The van der Waals surface area contributed by atoms with Crippen molar-refractivity contribution in [2.24, 2.45) is 0 Å². The van der Waals surface area contributed by atoms with Gasteiger partial charge in [-0.05, 0) is 25.4 Å². The van der Waals surface area contributed by atoms with Gasteiger partial charge >= 0.3 is 0 Å². The van der Waals surface area contributed by atoms with Crippen molar-refractivity contribution in [2.45, 2.75) is 20.0 Å². The van der Waals surface area contributed by atoms with Crippen molar-refractivity contribution in [3.8, 4) is 5.75 Å². The van der Waals surface area contributed by atoms with Gasteiger partial charge in [0.1, 0.15) is 0 Å². The molecule has 0 aliphatic carbocycles. The third-order valence-corrected chi connectivity index (χ3v) is 2.23. The lowest BCUT2D eigenvalue weighted by Crippen LogP contribution is -2.08. The van der Waals surface area contributed by atoms with Crippen LogP contribution in [0.1, 0.15) is 13.8 Å². The Bertz CT molecular complexity index is 309. The third-order valence-electron chi connectivity index (χ3n) is 1.43. The van der Waals surface area contributed by atoms with E-state index in [2.05, 4.69) is 16.3 Å². The van der Waals surface area contributed by atoms with Gasteiger partial charge in [0.15, 0.2) is 16.6 Å². The molecule has 0 spiro atoms. The molecule has 0 aromatic carbocycles. The van der Waals surface area contributed by atoms with Gasteiger partial charge in [-0.3, -0.25) is 0 Å². The number of rotatable bonds is 5. The maximum absolute atomic E-state index is 5.67. The van der Waals surface area contributed by atoms with Crippen molar-refractivity contribution in [3.05, 3.63) is 12.7 Å². The summed E-state index contributed by atoms with van der Waals surface area (Å²) in [6.45, 7) is 8.21. The van der Waals surface area contributed by atoms with Gasteiger partial charge in [0, 0.05) is 6.54 Å². The monoisotopic (exact) mass is 213 g/mol. The second kappa shape index (κ2) is 4.85. The van der Waals surface area contributed by atoms with Crippen molar-refractivity contribution >= 4 is 22.4 Å². The van der Waals surface area contributed by atoms with E-state index in [-0.39, 0.29) is 6.10 Å². The Kier molecular flexibility index (Phi) is 3.76. The molecule has 0 radical (unpaired) electrons. The van der Waals surface area contributed by atoms with Gasteiger partial charge in [-0.1, -0.05) is 6.08 Å². The summed E-state index contributed by atoms with van der Waals surface area (Å²) in [6, 6.07) is 0. The van der Waals surface area contributed by atoms with Gasteiger partial charge in [-0.15, -0.1) is 6.58 Å². The van der Waals surface area contributed by atoms with E-state index in [1.165, 1.54) is 11.5 Å². The summed E-state index contributed by atoms with van der Waals surface area (Å²) in [5.41, 5.74) is 5.67. The summed E-state index contributed by atoms with van der Waals surface area (Å²) >= 11 is 1.30. The van der Waals surface area contributed by atoms with Crippen molar-refractivity contribution in [2.75, 3.05) is 17.6 Å². The Balaban J connectivity index is 2.77. The van der Waals surface area contributed by atoms with Gasteiger partial charge in [0.2, 0.25) is 0 Å². The zero-order chi connectivity index (χ0) is 10.6. The first-order valence-electron chi connectivity index (χ1n) is 4.41. The highest BCUT2D eigenvalue weighted by Gasteiger charge is 2.13. The van der Waals surface area contributed by atoms with E-state index < -0.39 is 0 Å². The molecule has 0 bridgehead atoms. The van der Waals surface area contributed by atoms with Crippen molar-refractivity contribution in [1.29, 1.82) is 0 Å². The van der Waals surface area contributed by atoms with Crippen molar-refractivity contribution in [1.82, 2.24) is 4.37 Å². The molecule has 1 aromatic heterocycles. The van der Waals surface area contributed by atoms with Crippen LogP contribution in [0.2, 0.25) is 0 Å². The Morgan fingerprint density at radius 1 is 1.71 bits per heavy atom. The van der Waals surface area contributed by atoms with E-state index in [1.807, 2.05) is 13.8 Å². The molecule has 0 saturated heterocycles. The predicted octanol–water partition coefficient (Wildman–Crippen LogP) is 2.11. The molecule has 0 unspecified atom stereocenters. The van der Waals surface area contributed by atoms with Crippen LogP contribution in [-0.4, -0.2) is 17.0 Å². The molecule has 4 nitrogen and oxygen atoms in total. The van der Waals surface area contributed by atoms with Crippen molar-refractivity contribution in [3.63, 3.8) is 0 Å². The van der Waals surface area contributed by atoms with E-state index in [9.17, 15) is 0 Å². The zero-order valence-corrected chi connectivity index (χ0v) is 9.23. The van der Waals surface area contributed by atoms with E-state index >= 15 is 0 Å². The molecule has 0 fully saturated rings. The minimum absolute atomic E-state index is 0.0954. The number of nitrogen functional groups attached to an aromatic ring is 1. The Hall–Kier alpha value is -1.23. The molecule has 1 aromatic rings. The van der Waals surface area contributed by atoms with E-state index in [0.29, 0.717) is 18.1 Å². The van der Waals surface area contributed by atoms with Crippen LogP contribution >= 0.6 is 11.5 Å². The summed E-state index contributed by atoms with van der Waals surface area (Å²) in [6.07, 6.45) is 1.87. The van der Waals surface area contributed by atoms with Gasteiger partial charge in [-0.2, -0.15) is 4.37 Å². The molecule has 14 heavy (non-hydrogen) atoms. The number of anilines is 2. The quantitative estimate of drug-likeness (QED) is 0.735. The summed E-state index contributed by atoms with van der Waals surface area (Å²) in [4.78, 5) is 0. The number of hydrogen-bond donors (Lipinski definition) is 2. The molecule has 1 rings (SSSR count). The average molecular weight is 213 g/mol. The second-order valence-electron chi connectivity index (χ2n) is 3.06. The van der Waals surface area contributed by atoms with Crippen LogP contribution in [0, 0.1) is 0 Å². The Morgan fingerprint density at radius 2 is 2.43 bits per heavy atom. The van der Waals surface area contributed by atoms with Crippen LogP contribution < -0.4 is 15.8 Å². The second-order valence-corrected chi connectivity index (χ2v) is 3.84. The number of nitrogens with one attached hydrogen (secondary N) is 1. The summed E-state index contributed by atoms with van der Waals surface area (Å²) < 4.78 is 9.56. The molecule has 0 aliphatic heterocycles. The average Bonchev–Trinajstić information content (AvgIpc) is 2.45. The van der Waals surface area contributed by atoms with Crippen LogP contribution in [0.3, 0.4) is 0 Å². The molecule has 0 amide bonds. The lowest BCUT2D eigenvalue weighted by atomic mass is 10.4. The number of nitrogens with two attached hydrogens (primary N) is 1. The molecule has 0 atom stereocenters. The van der Waals surface area contributed by atoms with E-state index in [4.69, 9.17) is 10.5 Å². The highest BCUT2D eigenvalue weighted by Crippen LogP contribution is 2.35. The molecule has 0 aliphatic rings. The predicted molar refractivity (Wildman–Crippen MR) is 61.0 cm³/mol. The van der Waals surface area contributed by atoms with Gasteiger partial charge in [0.25, 0.3) is 0 Å². The molecule has 0 saturated carbocycles. The number of nitrogens with zero attached hydrogens (tertiary/aromatic N) is 1. The van der Waals surface area contributed by atoms with Crippen LogP contribution in [0.25, 0.3) is 0 Å². The fraction of sp³-hybridized carbons (Fsp3) is 0.444. The Morgan fingerprint density at radius 3 is 3.00 bits per heavy atom. The zero-order valence-electron chi connectivity index (χ0n) is 8.41. The highest BCUT2D eigenvalue weighted by atomic mass is 32.1. The first-order valence-corrected chi connectivity index (χ1v) is 5.19. The first-order chi connectivity index (χ1) is 6.65. The number of aromatic nitrogens is 1. The molecule has 1 heterocycles. The van der Waals surface area contributed by atoms with Gasteiger partial charge < -0.3 is 15.8 Å². The maximum Gasteiger partial charge on any atom is 0.197 e.